The zero-order valence-electron chi connectivity index (χ0n) is 15.0. The number of aliphatic hydroxyl groups excluding tert-OH is 1. The van der Waals surface area contributed by atoms with E-state index in [1.807, 2.05) is 0 Å². The van der Waals surface area contributed by atoms with Crippen LogP contribution in [0.15, 0.2) is 0 Å². The smallest absolute Gasteiger partial charge is 0.239 e. The molecule has 0 heterocycles. The normalized spacial score (nSPS) is 20.8. The van der Waals surface area contributed by atoms with Crippen LogP contribution in [0.3, 0.4) is 0 Å². The Morgan fingerprint density at radius 1 is 1.00 bits per heavy atom. The Bertz CT molecular complexity index is 483. The van der Waals surface area contributed by atoms with Gasteiger partial charge in [-0.15, -0.1) is 4.99 Å². The third kappa shape index (κ3) is 10.2. The molecule has 1 rings (SSSR count). The van der Waals surface area contributed by atoms with Crippen LogP contribution in [-0.2, 0) is 19.4 Å². The second kappa shape index (κ2) is 12.5. The van der Waals surface area contributed by atoms with Gasteiger partial charge in [-0.25, -0.2) is 5.26 Å². The molecule has 0 bridgehead atoms. The first-order valence-electron chi connectivity index (χ1n) is 8.80. The molecule has 1 fully saturated rings. The van der Waals surface area contributed by atoms with Crippen LogP contribution in [0.5, 0.6) is 0 Å². The van der Waals surface area contributed by atoms with E-state index in [1.54, 1.807) is 0 Å². The number of amides is 3. The molecule has 0 aromatic rings. The predicted molar refractivity (Wildman–Crippen MR) is 92.4 cm³/mol. The SMILES string of the molecule is NC(CC1CCC(NOO)CC1)C(=O)NCC(=O)NCC(=O)NCC(O)O. The van der Waals surface area contributed by atoms with Gasteiger partial charge in [-0.2, -0.15) is 5.48 Å². The summed E-state index contributed by atoms with van der Waals surface area (Å²) in [6.07, 6.45) is 2.13. The molecule has 1 saturated carbocycles. The molecule has 1 aliphatic rings. The van der Waals surface area contributed by atoms with E-state index in [9.17, 15) is 14.4 Å². The van der Waals surface area contributed by atoms with Gasteiger partial charge in [0.2, 0.25) is 17.7 Å². The van der Waals surface area contributed by atoms with E-state index in [0.29, 0.717) is 6.42 Å². The topological polar surface area (TPSA) is 195 Å². The zero-order chi connectivity index (χ0) is 20.2. The van der Waals surface area contributed by atoms with Crippen LogP contribution in [0.25, 0.3) is 0 Å². The summed E-state index contributed by atoms with van der Waals surface area (Å²) in [5.74, 6) is -1.32. The van der Waals surface area contributed by atoms with Crippen molar-refractivity contribution in [3.05, 3.63) is 0 Å². The molecule has 3 amide bonds. The summed E-state index contributed by atoms with van der Waals surface area (Å²) in [6.45, 7) is -0.999. The van der Waals surface area contributed by atoms with Gasteiger partial charge in [0.15, 0.2) is 6.29 Å². The standard InChI is InChI=1S/C15H29N5O7/c16-11(5-9-1-3-10(4-2-9)20-27-26)15(25)19-7-13(22)17-6-12(21)18-8-14(23)24/h9-11,14,20,23-24,26H,1-8,16H2,(H,17,22)(H,18,21)(H,19,25). The summed E-state index contributed by atoms with van der Waals surface area (Å²) in [7, 11) is 0. The Morgan fingerprint density at radius 3 is 2.19 bits per heavy atom. The van der Waals surface area contributed by atoms with Gasteiger partial charge >= 0.3 is 0 Å². The van der Waals surface area contributed by atoms with Crippen molar-refractivity contribution in [1.29, 1.82) is 0 Å². The molecule has 0 aromatic heterocycles. The van der Waals surface area contributed by atoms with Crippen LogP contribution < -0.4 is 27.2 Å². The lowest BCUT2D eigenvalue weighted by atomic mass is 9.82. The van der Waals surface area contributed by atoms with Gasteiger partial charge < -0.3 is 31.9 Å². The van der Waals surface area contributed by atoms with Gasteiger partial charge in [0.25, 0.3) is 0 Å². The molecule has 12 nitrogen and oxygen atoms in total. The van der Waals surface area contributed by atoms with Crippen LogP contribution in [0.1, 0.15) is 32.1 Å². The number of aliphatic hydroxyl groups is 2. The fraction of sp³-hybridized carbons (Fsp3) is 0.800. The monoisotopic (exact) mass is 391 g/mol. The van der Waals surface area contributed by atoms with Crippen molar-refractivity contribution in [1.82, 2.24) is 21.4 Å². The van der Waals surface area contributed by atoms with E-state index in [4.69, 9.17) is 21.2 Å². The van der Waals surface area contributed by atoms with E-state index in [1.165, 1.54) is 0 Å². The highest BCUT2D eigenvalue weighted by atomic mass is 17.2. The first-order valence-corrected chi connectivity index (χ1v) is 8.80. The molecular weight excluding hydrogens is 362 g/mol. The number of carbonyl (C=O) groups is 3. The molecule has 1 aliphatic carbocycles. The second-order valence-electron chi connectivity index (χ2n) is 6.55. The Kier molecular flexibility index (Phi) is 10.8. The van der Waals surface area contributed by atoms with Crippen molar-refractivity contribution in [3.63, 3.8) is 0 Å². The number of rotatable bonds is 11. The minimum atomic E-state index is -1.67. The second-order valence-corrected chi connectivity index (χ2v) is 6.55. The fourth-order valence-corrected chi connectivity index (χ4v) is 2.86. The Hall–Kier alpha value is -1.83. The summed E-state index contributed by atoms with van der Waals surface area (Å²) in [4.78, 5) is 38.8. The minimum Gasteiger partial charge on any atom is -0.367 e. The van der Waals surface area contributed by atoms with Crippen molar-refractivity contribution < 1.29 is 34.8 Å². The summed E-state index contributed by atoms with van der Waals surface area (Å²) >= 11 is 0. The van der Waals surface area contributed by atoms with E-state index in [-0.39, 0.29) is 31.6 Å². The lowest BCUT2D eigenvalue weighted by Gasteiger charge is -2.29. The zero-order valence-corrected chi connectivity index (χ0v) is 15.0. The summed E-state index contributed by atoms with van der Waals surface area (Å²) in [5.41, 5.74) is 8.38. The molecule has 1 unspecified atom stereocenters. The van der Waals surface area contributed by atoms with E-state index >= 15 is 0 Å². The summed E-state index contributed by atoms with van der Waals surface area (Å²) in [6, 6.07) is -0.659. The van der Waals surface area contributed by atoms with Gasteiger partial charge in [0, 0.05) is 6.04 Å². The van der Waals surface area contributed by atoms with Gasteiger partial charge in [-0.05, 0) is 38.0 Å². The highest BCUT2D eigenvalue weighted by molar-refractivity contribution is 5.89. The molecule has 9 N–H and O–H groups in total. The molecule has 0 radical (unpaired) electrons. The number of nitrogens with two attached hydrogens (primary N) is 1. The Morgan fingerprint density at radius 2 is 1.59 bits per heavy atom. The van der Waals surface area contributed by atoms with Crippen LogP contribution in [0, 0.1) is 5.92 Å². The molecule has 0 saturated heterocycles. The van der Waals surface area contributed by atoms with E-state index in [0.717, 1.165) is 25.7 Å². The molecular formula is C15H29N5O7. The minimum absolute atomic E-state index is 0.0813. The molecule has 156 valence electrons. The fourth-order valence-electron chi connectivity index (χ4n) is 2.86. The van der Waals surface area contributed by atoms with E-state index in [2.05, 4.69) is 26.4 Å². The molecule has 0 aromatic carbocycles. The third-order valence-corrected chi connectivity index (χ3v) is 4.34. The van der Waals surface area contributed by atoms with Crippen molar-refractivity contribution in [3.8, 4) is 0 Å². The quantitative estimate of drug-likeness (QED) is 0.102. The van der Waals surface area contributed by atoms with Gasteiger partial charge in [0.1, 0.15) is 0 Å². The van der Waals surface area contributed by atoms with Crippen LogP contribution >= 0.6 is 0 Å². The third-order valence-electron chi connectivity index (χ3n) is 4.34. The van der Waals surface area contributed by atoms with Crippen LogP contribution in [-0.4, -0.2) is 71.2 Å². The lowest BCUT2D eigenvalue weighted by molar-refractivity contribution is -0.301. The van der Waals surface area contributed by atoms with Crippen molar-refractivity contribution in [2.24, 2.45) is 11.7 Å². The van der Waals surface area contributed by atoms with E-state index < -0.39 is 30.1 Å². The molecule has 1 atom stereocenters. The number of hydrogen-bond donors (Lipinski definition) is 8. The summed E-state index contributed by atoms with van der Waals surface area (Å²) < 4.78 is 0. The number of hydroxylamine groups is 1. The maximum atomic E-state index is 12.0. The van der Waals surface area contributed by atoms with Gasteiger partial charge in [-0.1, -0.05) is 0 Å². The van der Waals surface area contributed by atoms with Crippen LogP contribution in [0.2, 0.25) is 0 Å². The molecule has 27 heavy (non-hydrogen) atoms. The van der Waals surface area contributed by atoms with Gasteiger partial charge in [0.05, 0.1) is 25.7 Å². The predicted octanol–water partition coefficient (Wildman–Crippen LogP) is -3.08. The van der Waals surface area contributed by atoms with Crippen molar-refractivity contribution in [2.45, 2.75) is 50.5 Å². The maximum absolute atomic E-state index is 12.0. The molecule has 0 aliphatic heterocycles. The first kappa shape index (κ1) is 23.2. The number of hydrogen-bond acceptors (Lipinski definition) is 9. The maximum Gasteiger partial charge on any atom is 0.239 e. The average Bonchev–Trinajstić information content (AvgIpc) is 2.64. The highest BCUT2D eigenvalue weighted by Crippen LogP contribution is 2.27. The van der Waals surface area contributed by atoms with Crippen LogP contribution in [0.4, 0.5) is 0 Å². The summed E-state index contributed by atoms with van der Waals surface area (Å²) in [5, 5.41) is 32.5. The van der Waals surface area contributed by atoms with Gasteiger partial charge in [-0.3, -0.25) is 14.4 Å². The van der Waals surface area contributed by atoms with Crippen molar-refractivity contribution in [2.75, 3.05) is 19.6 Å². The Balaban J connectivity index is 2.18. The number of nitrogens with one attached hydrogen (secondary N) is 4. The Labute approximate surface area is 156 Å². The first-order chi connectivity index (χ1) is 12.8. The largest absolute Gasteiger partial charge is 0.367 e. The van der Waals surface area contributed by atoms with Crippen molar-refractivity contribution >= 4 is 17.7 Å². The number of carbonyl (C=O) groups excluding carboxylic acids is 3. The lowest BCUT2D eigenvalue weighted by Crippen LogP contribution is -2.47. The molecule has 0 spiro atoms. The molecule has 12 heteroatoms. The highest BCUT2D eigenvalue weighted by Gasteiger charge is 2.25. The average molecular weight is 391 g/mol.